The van der Waals surface area contributed by atoms with Crippen molar-refractivity contribution < 1.29 is 14.7 Å². The van der Waals surface area contributed by atoms with Gasteiger partial charge in [0.2, 0.25) is 5.91 Å². The lowest BCUT2D eigenvalue weighted by atomic mass is 10.3. The van der Waals surface area contributed by atoms with Gasteiger partial charge in [-0.3, -0.25) is 9.59 Å². The van der Waals surface area contributed by atoms with Crippen LogP contribution < -0.4 is 0 Å². The number of rotatable bonds is 7. The largest absolute Gasteiger partial charge is 0.481 e. The minimum atomic E-state index is -0.887. The van der Waals surface area contributed by atoms with Crippen LogP contribution in [-0.4, -0.2) is 44.5 Å². The first-order valence-corrected chi connectivity index (χ1v) is 7.01. The van der Waals surface area contributed by atoms with Crippen molar-refractivity contribution in [2.45, 2.75) is 26.3 Å². The van der Waals surface area contributed by atoms with Gasteiger partial charge in [-0.15, -0.1) is 0 Å². The van der Waals surface area contributed by atoms with Gasteiger partial charge in [0, 0.05) is 26.1 Å². The number of aromatic nitrogens is 2. The minimum Gasteiger partial charge on any atom is -0.481 e. The van der Waals surface area contributed by atoms with Crippen LogP contribution in [0.5, 0.6) is 0 Å². The Morgan fingerprint density at radius 3 is 2.76 bits per heavy atom. The fourth-order valence-corrected chi connectivity index (χ4v) is 2.25. The van der Waals surface area contributed by atoms with Crippen molar-refractivity contribution in [2.75, 3.05) is 13.1 Å². The van der Waals surface area contributed by atoms with E-state index in [2.05, 4.69) is 4.98 Å². The van der Waals surface area contributed by atoms with E-state index in [0.717, 1.165) is 11.0 Å². The smallest absolute Gasteiger partial charge is 0.305 e. The first-order valence-electron chi connectivity index (χ1n) is 7.01. The molecule has 1 amide bonds. The number of hydrogen-bond donors (Lipinski definition) is 1. The van der Waals surface area contributed by atoms with Crippen LogP contribution in [0.1, 0.15) is 19.8 Å². The fraction of sp³-hybridized carbons (Fsp3) is 0.400. The molecule has 2 rings (SSSR count). The van der Waals surface area contributed by atoms with Crippen LogP contribution in [0.4, 0.5) is 0 Å². The molecule has 0 atom stereocenters. The van der Waals surface area contributed by atoms with E-state index in [9.17, 15) is 9.59 Å². The normalized spacial score (nSPS) is 10.7. The SMILES string of the molecule is CCN(CCC(=O)O)C(=O)CCn1cnc2ccccc21. The van der Waals surface area contributed by atoms with E-state index in [-0.39, 0.29) is 18.9 Å². The number of carbonyl (C=O) groups is 2. The van der Waals surface area contributed by atoms with Crippen LogP contribution in [0.3, 0.4) is 0 Å². The van der Waals surface area contributed by atoms with Gasteiger partial charge in [0.15, 0.2) is 0 Å². The number of para-hydroxylation sites is 2. The first-order chi connectivity index (χ1) is 10.1. The maximum Gasteiger partial charge on any atom is 0.305 e. The van der Waals surface area contributed by atoms with E-state index in [1.807, 2.05) is 35.8 Å². The Bertz CT molecular complexity index is 636. The van der Waals surface area contributed by atoms with Gasteiger partial charge in [-0.25, -0.2) is 4.98 Å². The summed E-state index contributed by atoms with van der Waals surface area (Å²) in [4.78, 5) is 28.6. The van der Waals surface area contributed by atoms with Crippen molar-refractivity contribution in [1.29, 1.82) is 0 Å². The topological polar surface area (TPSA) is 75.4 Å². The summed E-state index contributed by atoms with van der Waals surface area (Å²) in [5.41, 5.74) is 1.90. The number of carboxylic acids is 1. The molecule has 0 aliphatic heterocycles. The predicted molar refractivity (Wildman–Crippen MR) is 78.9 cm³/mol. The molecule has 1 N–H and O–H groups in total. The van der Waals surface area contributed by atoms with E-state index in [0.29, 0.717) is 19.5 Å². The molecule has 0 saturated heterocycles. The molecule has 0 aliphatic carbocycles. The number of benzene rings is 1. The lowest BCUT2D eigenvalue weighted by Gasteiger charge is -2.20. The highest BCUT2D eigenvalue weighted by molar-refractivity contribution is 5.78. The monoisotopic (exact) mass is 289 g/mol. The van der Waals surface area contributed by atoms with Gasteiger partial charge >= 0.3 is 5.97 Å². The molecule has 0 bridgehead atoms. The van der Waals surface area contributed by atoms with Crippen molar-refractivity contribution in [3.63, 3.8) is 0 Å². The highest BCUT2D eigenvalue weighted by Gasteiger charge is 2.13. The van der Waals surface area contributed by atoms with Gasteiger partial charge in [0.25, 0.3) is 0 Å². The van der Waals surface area contributed by atoms with Crippen molar-refractivity contribution in [1.82, 2.24) is 14.5 Å². The van der Waals surface area contributed by atoms with Crippen LogP contribution in [0.2, 0.25) is 0 Å². The highest BCUT2D eigenvalue weighted by Crippen LogP contribution is 2.12. The molecule has 0 aliphatic rings. The molecule has 1 aromatic carbocycles. The third-order valence-electron chi connectivity index (χ3n) is 3.42. The Labute approximate surface area is 123 Å². The van der Waals surface area contributed by atoms with Crippen LogP contribution in [0.25, 0.3) is 11.0 Å². The summed E-state index contributed by atoms with van der Waals surface area (Å²) >= 11 is 0. The van der Waals surface area contributed by atoms with E-state index >= 15 is 0 Å². The molecule has 2 aromatic rings. The summed E-state index contributed by atoms with van der Waals surface area (Å²) in [6, 6.07) is 7.76. The second-order valence-corrected chi connectivity index (χ2v) is 4.79. The summed E-state index contributed by atoms with van der Waals surface area (Å²) in [5.74, 6) is -0.918. The van der Waals surface area contributed by atoms with Gasteiger partial charge in [0.05, 0.1) is 23.8 Å². The zero-order valence-corrected chi connectivity index (χ0v) is 12.0. The summed E-state index contributed by atoms with van der Waals surface area (Å²) < 4.78 is 1.94. The highest BCUT2D eigenvalue weighted by atomic mass is 16.4. The number of amides is 1. The molecule has 0 saturated carbocycles. The van der Waals surface area contributed by atoms with Crippen LogP contribution >= 0.6 is 0 Å². The zero-order chi connectivity index (χ0) is 15.2. The predicted octanol–water partition coefficient (Wildman–Crippen LogP) is 1.75. The number of fused-ring (bicyclic) bond motifs is 1. The zero-order valence-electron chi connectivity index (χ0n) is 12.0. The fourth-order valence-electron chi connectivity index (χ4n) is 2.25. The molecule has 6 heteroatoms. The molecule has 1 aromatic heterocycles. The minimum absolute atomic E-state index is 0.0203. The molecule has 0 unspecified atom stereocenters. The van der Waals surface area contributed by atoms with E-state index in [1.54, 1.807) is 11.2 Å². The third kappa shape index (κ3) is 3.81. The number of imidazole rings is 1. The average molecular weight is 289 g/mol. The molecule has 112 valence electrons. The Morgan fingerprint density at radius 1 is 1.29 bits per heavy atom. The van der Waals surface area contributed by atoms with Crippen LogP contribution in [0, 0.1) is 0 Å². The number of aryl methyl sites for hydroxylation is 1. The standard InChI is InChI=1S/C15H19N3O3/c1-2-17(10-8-15(20)21)14(19)7-9-18-11-16-12-5-3-4-6-13(12)18/h3-6,11H,2,7-10H2,1H3,(H,20,21). The second kappa shape index (κ2) is 6.88. The van der Waals surface area contributed by atoms with Gasteiger partial charge in [-0.1, -0.05) is 12.1 Å². The van der Waals surface area contributed by atoms with Crippen molar-refractivity contribution in [3.8, 4) is 0 Å². The molecule has 0 radical (unpaired) electrons. The third-order valence-corrected chi connectivity index (χ3v) is 3.42. The summed E-state index contributed by atoms with van der Waals surface area (Å²) in [6.07, 6.45) is 2.05. The Morgan fingerprint density at radius 2 is 2.05 bits per heavy atom. The van der Waals surface area contributed by atoms with Crippen LogP contribution in [0.15, 0.2) is 30.6 Å². The number of nitrogens with zero attached hydrogens (tertiary/aromatic N) is 3. The molecule has 6 nitrogen and oxygen atoms in total. The van der Waals surface area contributed by atoms with Crippen molar-refractivity contribution in [3.05, 3.63) is 30.6 Å². The lowest BCUT2D eigenvalue weighted by molar-refractivity contribution is -0.138. The Hall–Kier alpha value is -2.37. The molecule has 0 fully saturated rings. The second-order valence-electron chi connectivity index (χ2n) is 4.79. The number of carboxylic acid groups (broad SMARTS) is 1. The van der Waals surface area contributed by atoms with Gasteiger partial charge in [0.1, 0.15) is 0 Å². The van der Waals surface area contributed by atoms with Crippen LogP contribution in [-0.2, 0) is 16.1 Å². The van der Waals surface area contributed by atoms with Gasteiger partial charge in [-0.2, -0.15) is 0 Å². The molecule has 1 heterocycles. The molecular weight excluding hydrogens is 270 g/mol. The first kappa shape index (κ1) is 15.0. The molecular formula is C15H19N3O3. The van der Waals surface area contributed by atoms with E-state index in [1.165, 1.54) is 0 Å². The van der Waals surface area contributed by atoms with Crippen molar-refractivity contribution in [2.24, 2.45) is 0 Å². The lowest BCUT2D eigenvalue weighted by Crippen LogP contribution is -2.33. The average Bonchev–Trinajstić information content (AvgIpc) is 2.88. The number of aliphatic carboxylic acids is 1. The van der Waals surface area contributed by atoms with E-state index < -0.39 is 5.97 Å². The van der Waals surface area contributed by atoms with E-state index in [4.69, 9.17) is 5.11 Å². The van der Waals surface area contributed by atoms with Gasteiger partial charge < -0.3 is 14.6 Å². The Kier molecular flexibility index (Phi) is 4.92. The maximum absolute atomic E-state index is 12.1. The quantitative estimate of drug-likeness (QED) is 0.842. The molecule has 0 spiro atoms. The summed E-state index contributed by atoms with van der Waals surface area (Å²) in [7, 11) is 0. The summed E-state index contributed by atoms with van der Waals surface area (Å²) in [5, 5.41) is 8.69. The number of hydrogen-bond acceptors (Lipinski definition) is 3. The molecule has 21 heavy (non-hydrogen) atoms. The number of carbonyl (C=O) groups excluding carboxylic acids is 1. The Balaban J connectivity index is 1.95. The summed E-state index contributed by atoms with van der Waals surface area (Å²) in [6.45, 7) is 3.18. The van der Waals surface area contributed by atoms with Gasteiger partial charge in [-0.05, 0) is 19.1 Å². The van der Waals surface area contributed by atoms with Crippen molar-refractivity contribution >= 4 is 22.9 Å². The maximum atomic E-state index is 12.1.